The van der Waals surface area contributed by atoms with Gasteiger partial charge in [0.15, 0.2) is 0 Å². The highest BCUT2D eigenvalue weighted by atomic mass is 32.1. The zero-order chi connectivity index (χ0) is 32.0. The van der Waals surface area contributed by atoms with Gasteiger partial charge in [0.1, 0.15) is 28.6 Å². The summed E-state index contributed by atoms with van der Waals surface area (Å²) in [7, 11) is 0. The number of phenols is 1. The number of halogens is 1. The van der Waals surface area contributed by atoms with Crippen molar-refractivity contribution < 1.29 is 28.6 Å². The number of aromatic hydroxyl groups is 1. The topological polar surface area (TPSA) is 126 Å². The number of pyridine rings is 1. The fourth-order valence-corrected chi connectivity index (χ4v) is 6.47. The number of ether oxygens (including phenoxy) is 2. The van der Waals surface area contributed by atoms with E-state index in [-0.39, 0.29) is 35.2 Å². The number of hydrogen-bond acceptors (Lipinski definition) is 9. The van der Waals surface area contributed by atoms with Crippen molar-refractivity contribution in [1.29, 1.82) is 0 Å². The van der Waals surface area contributed by atoms with Crippen LogP contribution in [-0.4, -0.2) is 70.2 Å². The van der Waals surface area contributed by atoms with Crippen LogP contribution in [0.4, 0.5) is 4.39 Å². The van der Waals surface area contributed by atoms with E-state index in [1.165, 1.54) is 11.3 Å². The molecular formula is C34H36FN5O5S. The molecule has 1 aliphatic carbocycles. The Morgan fingerprint density at radius 2 is 1.78 bits per heavy atom. The van der Waals surface area contributed by atoms with Gasteiger partial charge < -0.3 is 25.2 Å². The van der Waals surface area contributed by atoms with E-state index in [1.807, 2.05) is 31.2 Å². The number of amides is 2. The van der Waals surface area contributed by atoms with Crippen molar-refractivity contribution in [3.05, 3.63) is 87.8 Å². The second-order valence-electron chi connectivity index (χ2n) is 11.6. The van der Waals surface area contributed by atoms with Crippen LogP contribution < -0.4 is 15.4 Å². The number of carbonyl (C=O) groups is 2. The first-order valence-electron chi connectivity index (χ1n) is 15.4. The van der Waals surface area contributed by atoms with Crippen molar-refractivity contribution in [3.63, 3.8) is 0 Å². The molecule has 2 aliphatic rings. The number of aromatic nitrogens is 2. The van der Waals surface area contributed by atoms with Crippen LogP contribution in [0.2, 0.25) is 0 Å². The fourth-order valence-electron chi connectivity index (χ4n) is 5.87. The first-order chi connectivity index (χ1) is 22.3. The molecule has 46 heavy (non-hydrogen) atoms. The molecule has 4 aromatic rings. The number of thiazole rings is 1. The van der Waals surface area contributed by atoms with Crippen LogP contribution in [0.3, 0.4) is 0 Å². The van der Waals surface area contributed by atoms with Crippen molar-refractivity contribution >= 4 is 23.2 Å². The molecule has 240 valence electrons. The van der Waals surface area contributed by atoms with Crippen LogP contribution in [0.1, 0.15) is 57.1 Å². The van der Waals surface area contributed by atoms with Gasteiger partial charge in [-0.1, -0.05) is 18.2 Å². The van der Waals surface area contributed by atoms with Crippen molar-refractivity contribution in [2.24, 2.45) is 0 Å². The molecule has 12 heteroatoms. The van der Waals surface area contributed by atoms with Crippen LogP contribution >= 0.6 is 11.3 Å². The predicted octanol–water partition coefficient (Wildman–Crippen LogP) is 5.45. The Hall–Kier alpha value is -4.39. The van der Waals surface area contributed by atoms with Gasteiger partial charge in [-0.15, -0.1) is 11.3 Å². The third-order valence-electron chi connectivity index (χ3n) is 8.26. The Bertz CT molecular complexity index is 1700. The summed E-state index contributed by atoms with van der Waals surface area (Å²) in [6.07, 6.45) is 3.73. The van der Waals surface area contributed by atoms with E-state index in [1.54, 1.807) is 23.6 Å². The van der Waals surface area contributed by atoms with Gasteiger partial charge in [-0.25, -0.2) is 14.4 Å². The van der Waals surface area contributed by atoms with Gasteiger partial charge in [-0.2, -0.15) is 0 Å². The van der Waals surface area contributed by atoms with Gasteiger partial charge in [0.2, 0.25) is 5.88 Å². The molecular weight excluding hydrogens is 609 g/mol. The first-order valence-corrected chi connectivity index (χ1v) is 16.3. The summed E-state index contributed by atoms with van der Waals surface area (Å²) in [5, 5.41) is 18.8. The van der Waals surface area contributed by atoms with Crippen molar-refractivity contribution in [1.82, 2.24) is 25.5 Å². The highest BCUT2D eigenvalue weighted by molar-refractivity contribution is 7.09. The van der Waals surface area contributed by atoms with Crippen LogP contribution in [0.15, 0.2) is 60.1 Å². The number of nitrogens with zero attached hydrogens (tertiary/aromatic N) is 3. The second kappa shape index (κ2) is 14.4. The van der Waals surface area contributed by atoms with Gasteiger partial charge in [-0.05, 0) is 79.6 Å². The summed E-state index contributed by atoms with van der Waals surface area (Å²) >= 11 is 1.43. The molecule has 2 aromatic carbocycles. The minimum Gasteiger partial charge on any atom is -0.508 e. The molecule has 0 bridgehead atoms. The van der Waals surface area contributed by atoms with E-state index in [9.17, 15) is 19.1 Å². The Kier molecular flexibility index (Phi) is 9.86. The average Bonchev–Trinajstić information content (AvgIpc) is 3.50. The molecule has 2 amide bonds. The number of rotatable bonds is 9. The zero-order valence-corrected chi connectivity index (χ0v) is 26.3. The molecule has 0 unspecified atom stereocenters. The van der Waals surface area contributed by atoms with Gasteiger partial charge >= 0.3 is 0 Å². The molecule has 1 aliphatic heterocycles. The number of hydrogen-bond donors (Lipinski definition) is 3. The summed E-state index contributed by atoms with van der Waals surface area (Å²) in [6, 6.07) is 13.7. The number of benzene rings is 2. The minimum atomic E-state index is -0.646. The Balaban J connectivity index is 1.12. The minimum absolute atomic E-state index is 0.00243. The molecule has 0 spiro atoms. The fraction of sp³-hybridized carbons (Fsp3) is 0.353. The van der Waals surface area contributed by atoms with Crippen molar-refractivity contribution in [2.45, 2.75) is 51.2 Å². The van der Waals surface area contributed by atoms with Crippen LogP contribution in [0.5, 0.6) is 17.4 Å². The smallest absolute Gasteiger partial charge is 0.270 e. The molecule has 10 nitrogen and oxygen atoms in total. The van der Waals surface area contributed by atoms with E-state index in [2.05, 4.69) is 25.5 Å². The number of morpholine rings is 1. The van der Waals surface area contributed by atoms with Crippen molar-refractivity contribution in [2.75, 3.05) is 26.3 Å². The van der Waals surface area contributed by atoms with Crippen LogP contribution in [-0.2, 0) is 11.3 Å². The maximum absolute atomic E-state index is 14.3. The Morgan fingerprint density at radius 1 is 1.04 bits per heavy atom. The molecule has 3 N–H and O–H groups in total. The maximum atomic E-state index is 14.3. The lowest BCUT2D eigenvalue weighted by atomic mass is 9.91. The number of nitrogens with one attached hydrogen (secondary N) is 2. The second-order valence-corrected chi connectivity index (χ2v) is 12.7. The summed E-state index contributed by atoms with van der Waals surface area (Å²) < 4.78 is 25.9. The predicted molar refractivity (Wildman–Crippen MR) is 172 cm³/mol. The van der Waals surface area contributed by atoms with E-state index in [0.717, 1.165) is 47.1 Å². The maximum Gasteiger partial charge on any atom is 0.270 e. The first kappa shape index (κ1) is 31.6. The highest BCUT2D eigenvalue weighted by Gasteiger charge is 2.26. The zero-order valence-electron chi connectivity index (χ0n) is 25.5. The number of carbonyl (C=O) groups excluding carboxylic acids is 2. The lowest BCUT2D eigenvalue weighted by Crippen LogP contribution is -2.44. The van der Waals surface area contributed by atoms with E-state index in [0.29, 0.717) is 56.9 Å². The molecule has 0 radical (unpaired) electrons. The van der Waals surface area contributed by atoms with Gasteiger partial charge in [0, 0.05) is 37.1 Å². The summed E-state index contributed by atoms with van der Waals surface area (Å²) in [5.74, 6) is -0.694. The molecule has 0 atom stereocenters. The van der Waals surface area contributed by atoms with Gasteiger partial charge in [0.25, 0.3) is 11.8 Å². The van der Waals surface area contributed by atoms with Crippen molar-refractivity contribution in [3.8, 4) is 28.5 Å². The largest absolute Gasteiger partial charge is 0.508 e. The average molecular weight is 646 g/mol. The molecule has 1 saturated heterocycles. The van der Waals surface area contributed by atoms with Gasteiger partial charge in [-0.3, -0.25) is 14.5 Å². The van der Waals surface area contributed by atoms with Gasteiger partial charge in [0.05, 0.1) is 24.4 Å². The van der Waals surface area contributed by atoms with E-state index >= 15 is 0 Å². The normalized spacial score (nSPS) is 18.6. The van der Waals surface area contributed by atoms with Crippen LogP contribution in [0, 0.1) is 12.7 Å². The molecule has 6 rings (SSSR count). The summed E-state index contributed by atoms with van der Waals surface area (Å²) in [6.45, 7) is 5.48. The summed E-state index contributed by atoms with van der Waals surface area (Å²) in [5.41, 5.74) is 3.19. The number of phenolic OH excluding ortho intramolecular Hbond substituents is 1. The van der Waals surface area contributed by atoms with E-state index < -0.39 is 11.7 Å². The van der Waals surface area contributed by atoms with Crippen LogP contribution in [0.25, 0.3) is 11.1 Å². The third kappa shape index (κ3) is 7.87. The third-order valence-corrected chi connectivity index (χ3v) is 9.03. The molecule has 3 heterocycles. The Labute approximate surface area is 270 Å². The highest BCUT2D eigenvalue weighted by Crippen LogP contribution is 2.33. The standard InChI is InChI=1S/C34H36FN5O5S/c1-21-37-31(20-46-21)33(43)39-26-7-5-25(6-8-26)38-32(42)30-17-24(35)18-36-34(30)45-28-4-2-3-22(16-28)29-10-9-27(41)15-23(29)19-40-11-13-44-14-12-40/h2-4,9-10,15-18,20,25-26,41H,5-8,11-14,19H2,1H3,(H,38,42)(H,39,43)/t25-,26-. The quantitative estimate of drug-likeness (QED) is 0.219. The number of aryl methyl sites for hydroxylation is 1. The SMILES string of the molecule is Cc1nc(C(=O)N[C@H]2CC[C@H](NC(=O)c3cc(F)cnc3Oc3cccc(-c4ccc(O)cc4CN4CCOCC4)c3)CC2)cs1. The lowest BCUT2D eigenvalue weighted by Gasteiger charge is -2.29. The van der Waals surface area contributed by atoms with E-state index in [4.69, 9.17) is 9.47 Å². The molecule has 2 aromatic heterocycles. The monoisotopic (exact) mass is 645 g/mol. The lowest BCUT2D eigenvalue weighted by molar-refractivity contribution is 0.0342. The summed E-state index contributed by atoms with van der Waals surface area (Å²) in [4.78, 5) is 36.5. The molecule has 2 fully saturated rings. The Morgan fingerprint density at radius 3 is 2.50 bits per heavy atom. The molecule has 1 saturated carbocycles.